The molecule has 0 saturated heterocycles. The molecule has 87 heavy (non-hydrogen) atoms. The molecule has 2 saturated carbocycles. The van der Waals surface area contributed by atoms with E-state index in [4.69, 9.17) is 15.6 Å². The van der Waals surface area contributed by atoms with Crippen molar-refractivity contribution >= 4 is 84.3 Å². The molecule has 0 bridgehead atoms. The van der Waals surface area contributed by atoms with Gasteiger partial charge in [-0.1, -0.05) is 291 Å². The van der Waals surface area contributed by atoms with Crippen LogP contribution in [0.3, 0.4) is 0 Å². The normalized spacial score (nSPS) is 14.4. The predicted octanol–water partition coefficient (Wildman–Crippen LogP) is 23.2. The zero-order chi connectivity index (χ0) is 65.3. The Morgan fingerprint density at radius 1 is 0.448 bits per heavy atom. The number of benzene rings is 4. The van der Waals surface area contributed by atoms with Crippen molar-refractivity contribution in [3.8, 4) is 0 Å². The molecule has 1 atom stereocenters. The summed E-state index contributed by atoms with van der Waals surface area (Å²) in [6.07, 6.45) is 17.0. The summed E-state index contributed by atoms with van der Waals surface area (Å²) in [4.78, 5) is 4.95. The molecule has 0 amide bonds. The summed E-state index contributed by atoms with van der Waals surface area (Å²) in [6, 6.07) is 43.2. The van der Waals surface area contributed by atoms with Crippen LogP contribution in [0.25, 0.3) is 32.4 Å². The Balaban J connectivity index is -0.00000105. The van der Waals surface area contributed by atoms with Crippen molar-refractivity contribution in [3.05, 3.63) is 201 Å². The van der Waals surface area contributed by atoms with Crippen molar-refractivity contribution in [2.24, 2.45) is 4.99 Å². The van der Waals surface area contributed by atoms with Crippen LogP contribution in [0.15, 0.2) is 139 Å². The Kier molecular flexibility index (Phi) is 46.5. The van der Waals surface area contributed by atoms with E-state index in [2.05, 4.69) is 319 Å². The van der Waals surface area contributed by atoms with E-state index in [1.807, 2.05) is 12.1 Å². The van der Waals surface area contributed by atoms with Gasteiger partial charge in [-0.25, -0.2) is 4.99 Å². The molecule has 1 N–H and O–H groups in total. The van der Waals surface area contributed by atoms with Gasteiger partial charge in [0.1, 0.15) is 0 Å². The first-order valence-electron chi connectivity index (χ1n) is 31.6. The van der Waals surface area contributed by atoms with Gasteiger partial charge < -0.3 is 66.3 Å². The Morgan fingerprint density at radius 2 is 0.782 bits per heavy atom. The number of aromatic nitrogens is 2. The maximum atomic E-state index is 5.14. The van der Waals surface area contributed by atoms with Gasteiger partial charge in [-0.2, -0.15) is 6.29 Å². The number of aliphatic imine (C=N–C) groups is 1. The van der Waals surface area contributed by atoms with Crippen LogP contribution in [0, 0.1) is 45.8 Å². The predicted molar refractivity (Wildman–Crippen MR) is 411 cm³/mol. The molecule has 8 rings (SSSR count). The minimum Gasteiger partial charge on any atom is -0.658 e. The molecule has 2 aliphatic rings. The number of rotatable bonds is 9. The van der Waals surface area contributed by atoms with Crippen LogP contribution >= 0.6 is 0 Å². The van der Waals surface area contributed by atoms with Gasteiger partial charge >= 0.3 is 25.8 Å². The first-order chi connectivity index (χ1) is 38.8. The molecule has 15 heteroatoms. The van der Waals surface area contributed by atoms with Crippen LogP contribution in [0.2, 0.25) is 137 Å². The molecule has 0 spiro atoms. The van der Waals surface area contributed by atoms with Crippen LogP contribution < -0.4 is 5.32 Å². The number of nitrogens with zero attached hydrogens (tertiary/aromatic N) is 5. The summed E-state index contributed by atoms with van der Waals surface area (Å²) < 4.78 is 4.43. The summed E-state index contributed by atoms with van der Waals surface area (Å²) in [5, 5.41) is 16.4. The second kappa shape index (κ2) is 45.0. The quantitative estimate of drug-likeness (QED) is 0.0667. The third-order valence-electron chi connectivity index (χ3n) is 10.1. The Bertz CT molecular complexity index is 2480. The van der Waals surface area contributed by atoms with Crippen molar-refractivity contribution in [3.63, 3.8) is 0 Å². The second-order valence-corrected chi connectivity index (χ2v) is 67.5. The molecular weight excluding hydrogens is 1500 g/mol. The van der Waals surface area contributed by atoms with Gasteiger partial charge in [0.2, 0.25) is 5.96 Å². The van der Waals surface area contributed by atoms with Gasteiger partial charge in [-0.05, 0) is 48.1 Å². The number of fused-ring (bicyclic) bond motifs is 2. The van der Waals surface area contributed by atoms with E-state index < -0.39 is 56.5 Å². The average molecular weight is 1630 g/mol. The Hall–Kier alpha value is -1.39. The number of para-hydroxylation sites is 2. The summed E-state index contributed by atoms with van der Waals surface area (Å²) in [7, 11) is -6.03. The second-order valence-electron chi connectivity index (χ2n) is 31.7. The van der Waals surface area contributed by atoms with Crippen LogP contribution in [0.1, 0.15) is 81.6 Å². The standard InChI is InChI=1S/2C22H25N3.7C4H11Si.2Hf/c2*1-3-9-18(10-4-1)17-23-22(24-20-12-5-2-6-13-20)25-16-15-19-11-7-8-14-21(19)25;7*1-5(2,3)4;;/h1,3-4,7-11,14-16,20H,2,5-6,12-13,17H2,(H,23,24);1,3-4,7-11,14-16,20,22H,2,5-6,12-13,17H2;7*1H2,2-4H3;;/q;-2;7*-1;;+4. The molecule has 6 aromatic rings. The van der Waals surface area contributed by atoms with Crippen molar-refractivity contribution in [1.82, 2.24) is 14.5 Å². The summed E-state index contributed by atoms with van der Waals surface area (Å²) >= 11 is 0. The maximum absolute atomic E-state index is 5.14. The van der Waals surface area contributed by atoms with E-state index >= 15 is 0 Å². The van der Waals surface area contributed by atoms with Gasteiger partial charge in [0.25, 0.3) is 0 Å². The first-order valence-corrected chi connectivity index (χ1v) is 57.6. The molecule has 2 fully saturated rings. The van der Waals surface area contributed by atoms with Gasteiger partial charge in [0, 0.05) is 55.2 Å². The van der Waals surface area contributed by atoms with Crippen molar-refractivity contribution < 1.29 is 51.7 Å². The SMILES string of the molecule is [CH2-][Si](C)(C)C.[CH2-][Si](C)(C)C.[CH2-][Si](C)(C)C.[CH2-][Si](C)(C)C.[CH2-][Si](C)(C)C.[CH2-][Si](C)(C)C.[CH2-][Si](C)(C)C.[Hf+4].[Hf].c1ccc(CN=C(NC2CCCCC2)n2ccc3ccccc32)cc1.c1ccc(C[N-]C([N-]C2CCCCC2)n2ccc3ccccc32)cc1. The molecule has 0 radical (unpaired) electrons. The van der Waals surface area contributed by atoms with E-state index in [-0.39, 0.29) is 58.0 Å². The third kappa shape index (κ3) is 61.9. The largest absolute Gasteiger partial charge is 4.00 e. The minimum absolute atomic E-state index is 0. The number of nitrogens with one attached hydrogen (secondary N) is 1. The van der Waals surface area contributed by atoms with Crippen LogP contribution in [0.5, 0.6) is 0 Å². The average Bonchev–Trinajstić information content (AvgIpc) is 2.97. The molecule has 2 aliphatic carbocycles. The smallest absolute Gasteiger partial charge is 0.658 e. The number of hydrogen-bond acceptors (Lipinski definition) is 1. The summed E-state index contributed by atoms with van der Waals surface area (Å²) in [5.41, 5.74) is 4.89. The van der Waals surface area contributed by atoms with E-state index in [0.29, 0.717) is 25.2 Å². The van der Waals surface area contributed by atoms with E-state index in [0.717, 1.165) is 5.96 Å². The van der Waals surface area contributed by atoms with Gasteiger partial charge in [0.05, 0.1) is 12.1 Å². The van der Waals surface area contributed by atoms with E-state index in [1.165, 1.54) is 97.1 Å². The van der Waals surface area contributed by atoms with Crippen LogP contribution in [0.4, 0.5) is 0 Å². The zero-order valence-electron chi connectivity index (χ0n) is 59.6. The molecular formula is C72H127Hf2N6Si7-5. The monoisotopic (exact) mass is 1630 g/mol. The molecule has 2 aromatic heterocycles. The Morgan fingerprint density at radius 3 is 1.20 bits per heavy atom. The van der Waals surface area contributed by atoms with Crippen molar-refractivity contribution in [1.29, 1.82) is 0 Å². The Labute approximate surface area is 584 Å². The topological polar surface area (TPSA) is 62.5 Å². The molecule has 0 aliphatic heterocycles. The van der Waals surface area contributed by atoms with Gasteiger partial charge in [0.15, 0.2) is 0 Å². The third-order valence-corrected chi connectivity index (χ3v) is 10.1. The minimum atomic E-state index is -0.861. The summed E-state index contributed by atoms with van der Waals surface area (Å²) in [6.45, 7) is 75.3. The zero-order valence-corrected chi connectivity index (χ0v) is 73.8. The van der Waals surface area contributed by atoms with E-state index in [9.17, 15) is 0 Å². The van der Waals surface area contributed by atoms with Gasteiger partial charge in [-0.3, -0.25) is 4.57 Å². The van der Waals surface area contributed by atoms with Crippen molar-refractivity contribution in [2.45, 2.75) is 233 Å². The molecule has 4 aromatic carbocycles. The van der Waals surface area contributed by atoms with Crippen molar-refractivity contribution in [2.75, 3.05) is 0 Å². The fourth-order valence-corrected chi connectivity index (χ4v) is 7.34. The molecule has 2 heterocycles. The first kappa shape index (κ1) is 89.8. The van der Waals surface area contributed by atoms with Crippen LogP contribution in [-0.4, -0.2) is 83.7 Å². The maximum Gasteiger partial charge on any atom is 4.00 e. The summed E-state index contributed by atoms with van der Waals surface area (Å²) in [5.74, 6) is 0.969. The van der Waals surface area contributed by atoms with Crippen LogP contribution in [-0.2, 0) is 64.8 Å². The fraction of sp³-hybridized carbons (Fsp3) is 0.500. The molecule has 6 nitrogen and oxygen atoms in total. The molecule has 1 unspecified atom stereocenters. The fourth-order valence-electron chi connectivity index (χ4n) is 7.34. The van der Waals surface area contributed by atoms with E-state index in [1.54, 1.807) is 0 Å². The molecule has 486 valence electrons. The van der Waals surface area contributed by atoms with Gasteiger partial charge in [-0.15, -0.1) is 69.1 Å². The number of hydrogen-bond donors (Lipinski definition) is 1.